The van der Waals surface area contributed by atoms with Crippen LogP contribution in [0.25, 0.3) is 10.1 Å². The van der Waals surface area contributed by atoms with Crippen LogP contribution >= 0.6 is 22.7 Å². The second-order valence-corrected chi connectivity index (χ2v) is 8.14. The highest BCUT2D eigenvalue weighted by molar-refractivity contribution is 7.17. The predicted octanol–water partition coefficient (Wildman–Crippen LogP) is 3.18. The first-order chi connectivity index (χ1) is 13.2. The highest BCUT2D eigenvalue weighted by Crippen LogP contribution is 2.26. The summed E-state index contributed by atoms with van der Waals surface area (Å²) < 4.78 is 1.27. The molecule has 1 aromatic carbocycles. The predicted molar refractivity (Wildman–Crippen MR) is 110 cm³/mol. The minimum atomic E-state index is -0.116. The third-order valence-electron chi connectivity index (χ3n) is 4.47. The van der Waals surface area contributed by atoms with Gasteiger partial charge in [0.05, 0.1) is 12.1 Å². The summed E-state index contributed by atoms with van der Waals surface area (Å²) in [6.45, 7) is 1.97. The number of hydrogen-bond donors (Lipinski definition) is 2. The number of benzene rings is 1. The summed E-state index contributed by atoms with van der Waals surface area (Å²) in [5, 5.41) is 11.7. The fraction of sp³-hybridized carbons (Fsp3) is 0.316. The van der Waals surface area contributed by atoms with E-state index in [1.54, 1.807) is 16.2 Å². The van der Waals surface area contributed by atoms with E-state index in [2.05, 4.69) is 33.1 Å². The van der Waals surface area contributed by atoms with Gasteiger partial charge in [0.1, 0.15) is 0 Å². The summed E-state index contributed by atoms with van der Waals surface area (Å²) >= 11 is 3.13. The van der Waals surface area contributed by atoms with Gasteiger partial charge in [-0.1, -0.05) is 18.2 Å². The first kappa shape index (κ1) is 17.9. The van der Waals surface area contributed by atoms with Crippen molar-refractivity contribution in [2.24, 2.45) is 0 Å². The summed E-state index contributed by atoms with van der Waals surface area (Å²) in [5.41, 5.74) is 1.97. The molecule has 140 valence electrons. The van der Waals surface area contributed by atoms with Crippen molar-refractivity contribution in [1.29, 1.82) is 0 Å². The first-order valence-electron chi connectivity index (χ1n) is 8.92. The summed E-state index contributed by atoms with van der Waals surface area (Å²) in [4.78, 5) is 30.2. The minimum absolute atomic E-state index is 0.0468. The Bertz CT molecular complexity index is 965. The molecule has 1 aliphatic rings. The number of amides is 3. The fourth-order valence-corrected chi connectivity index (χ4v) is 4.95. The number of nitrogens with zero attached hydrogens (tertiary/aromatic N) is 2. The number of rotatable bonds is 6. The number of carbonyl (C=O) groups excluding carboxylic acids is 2. The zero-order valence-corrected chi connectivity index (χ0v) is 16.4. The Kier molecular flexibility index (Phi) is 5.35. The number of carbonyl (C=O) groups is 2. The van der Waals surface area contributed by atoms with E-state index in [1.807, 2.05) is 17.5 Å². The van der Waals surface area contributed by atoms with Crippen LogP contribution in [0.15, 0.2) is 35.0 Å². The Morgan fingerprint density at radius 3 is 3.04 bits per heavy atom. The SMILES string of the molecule is O=C(Cc1csc(N2CCCNC2=O)n1)NCCc1csc2ccccc12. The van der Waals surface area contributed by atoms with Crippen LogP contribution in [0.4, 0.5) is 9.93 Å². The van der Waals surface area contributed by atoms with E-state index in [4.69, 9.17) is 0 Å². The van der Waals surface area contributed by atoms with Crippen molar-refractivity contribution in [3.05, 3.63) is 46.3 Å². The van der Waals surface area contributed by atoms with Crippen LogP contribution in [0.2, 0.25) is 0 Å². The molecule has 0 saturated carbocycles. The maximum absolute atomic E-state index is 12.2. The molecule has 0 aliphatic carbocycles. The minimum Gasteiger partial charge on any atom is -0.355 e. The molecule has 6 nitrogen and oxygen atoms in total. The summed E-state index contributed by atoms with van der Waals surface area (Å²) in [6.07, 6.45) is 1.95. The summed E-state index contributed by atoms with van der Waals surface area (Å²) in [7, 11) is 0. The van der Waals surface area contributed by atoms with Gasteiger partial charge in [0, 0.05) is 29.7 Å². The molecule has 1 saturated heterocycles. The molecule has 2 N–H and O–H groups in total. The molecule has 1 fully saturated rings. The molecule has 3 amide bonds. The van der Waals surface area contributed by atoms with Gasteiger partial charge >= 0.3 is 6.03 Å². The molecule has 0 unspecified atom stereocenters. The molecule has 4 rings (SSSR count). The van der Waals surface area contributed by atoms with Gasteiger partial charge in [0.15, 0.2) is 5.13 Å². The fourth-order valence-electron chi connectivity index (χ4n) is 3.10. The van der Waals surface area contributed by atoms with Gasteiger partial charge < -0.3 is 10.6 Å². The number of thiophene rings is 1. The number of fused-ring (bicyclic) bond motifs is 1. The zero-order valence-electron chi connectivity index (χ0n) is 14.7. The van der Waals surface area contributed by atoms with Crippen molar-refractivity contribution in [2.75, 3.05) is 24.5 Å². The maximum atomic E-state index is 12.2. The van der Waals surface area contributed by atoms with Gasteiger partial charge in [-0.2, -0.15) is 0 Å². The average Bonchev–Trinajstić information content (AvgIpc) is 3.30. The molecule has 0 radical (unpaired) electrons. The Balaban J connectivity index is 1.29. The van der Waals surface area contributed by atoms with E-state index >= 15 is 0 Å². The summed E-state index contributed by atoms with van der Waals surface area (Å²) in [5.74, 6) is -0.0468. The van der Waals surface area contributed by atoms with Crippen molar-refractivity contribution in [1.82, 2.24) is 15.6 Å². The molecule has 3 heterocycles. The molecular weight excluding hydrogens is 380 g/mol. The van der Waals surface area contributed by atoms with Crippen molar-refractivity contribution in [2.45, 2.75) is 19.3 Å². The Morgan fingerprint density at radius 1 is 1.26 bits per heavy atom. The van der Waals surface area contributed by atoms with E-state index in [1.165, 1.54) is 27.0 Å². The van der Waals surface area contributed by atoms with E-state index < -0.39 is 0 Å². The van der Waals surface area contributed by atoms with Crippen molar-refractivity contribution < 1.29 is 9.59 Å². The molecular formula is C19H20N4O2S2. The number of urea groups is 1. The smallest absolute Gasteiger partial charge is 0.323 e. The third kappa shape index (κ3) is 4.12. The molecule has 8 heteroatoms. The molecule has 0 spiro atoms. The van der Waals surface area contributed by atoms with Gasteiger partial charge in [-0.25, -0.2) is 9.78 Å². The molecule has 1 aliphatic heterocycles. The topological polar surface area (TPSA) is 74.3 Å². The normalized spacial score (nSPS) is 14.4. The van der Waals surface area contributed by atoms with Crippen LogP contribution in [0.1, 0.15) is 17.7 Å². The van der Waals surface area contributed by atoms with E-state index in [0.29, 0.717) is 30.5 Å². The van der Waals surface area contributed by atoms with Crippen LogP contribution in [0.5, 0.6) is 0 Å². The zero-order chi connectivity index (χ0) is 18.6. The lowest BCUT2D eigenvalue weighted by atomic mass is 10.1. The van der Waals surface area contributed by atoms with Gasteiger partial charge in [-0.05, 0) is 35.2 Å². The average molecular weight is 401 g/mol. The largest absolute Gasteiger partial charge is 0.355 e. The highest BCUT2D eigenvalue weighted by Gasteiger charge is 2.22. The molecule has 2 aromatic heterocycles. The van der Waals surface area contributed by atoms with E-state index in [0.717, 1.165) is 12.8 Å². The maximum Gasteiger partial charge on any atom is 0.323 e. The number of nitrogens with one attached hydrogen (secondary N) is 2. The number of thiazole rings is 1. The lowest BCUT2D eigenvalue weighted by Gasteiger charge is -2.24. The standard InChI is InChI=1S/C19H20N4O2S2/c24-17(20-8-6-13-11-26-16-5-2-1-4-15(13)16)10-14-12-27-19(22-14)23-9-3-7-21-18(23)25/h1-2,4-5,11-12H,3,6-10H2,(H,20,24)(H,21,25). The van der Waals surface area contributed by atoms with Crippen molar-refractivity contribution >= 4 is 49.8 Å². The van der Waals surface area contributed by atoms with Crippen LogP contribution in [-0.2, 0) is 17.6 Å². The second-order valence-electron chi connectivity index (χ2n) is 6.39. The second kappa shape index (κ2) is 8.06. The lowest BCUT2D eigenvalue weighted by molar-refractivity contribution is -0.120. The Hall–Kier alpha value is -2.45. The van der Waals surface area contributed by atoms with Crippen LogP contribution < -0.4 is 15.5 Å². The van der Waals surface area contributed by atoms with Gasteiger partial charge in [-0.3, -0.25) is 9.69 Å². The lowest BCUT2D eigenvalue weighted by Crippen LogP contribution is -2.46. The molecule has 27 heavy (non-hydrogen) atoms. The Morgan fingerprint density at radius 2 is 2.15 bits per heavy atom. The first-order valence-corrected chi connectivity index (χ1v) is 10.7. The van der Waals surface area contributed by atoms with Crippen LogP contribution in [0.3, 0.4) is 0 Å². The van der Waals surface area contributed by atoms with Crippen LogP contribution in [0, 0.1) is 0 Å². The van der Waals surface area contributed by atoms with Gasteiger partial charge in [0.25, 0.3) is 0 Å². The van der Waals surface area contributed by atoms with Gasteiger partial charge in [0.2, 0.25) is 5.91 Å². The number of hydrogen-bond acceptors (Lipinski definition) is 5. The Labute approximate surface area is 165 Å². The number of anilines is 1. The van der Waals surface area contributed by atoms with Gasteiger partial charge in [-0.15, -0.1) is 22.7 Å². The van der Waals surface area contributed by atoms with E-state index in [-0.39, 0.29) is 18.4 Å². The van der Waals surface area contributed by atoms with Crippen molar-refractivity contribution in [3.63, 3.8) is 0 Å². The highest BCUT2D eigenvalue weighted by atomic mass is 32.1. The number of aromatic nitrogens is 1. The monoisotopic (exact) mass is 400 g/mol. The van der Waals surface area contributed by atoms with Crippen LogP contribution in [-0.4, -0.2) is 36.6 Å². The molecule has 0 atom stereocenters. The van der Waals surface area contributed by atoms with E-state index in [9.17, 15) is 9.59 Å². The van der Waals surface area contributed by atoms with Crippen molar-refractivity contribution in [3.8, 4) is 0 Å². The molecule has 3 aromatic rings. The quantitative estimate of drug-likeness (QED) is 0.667. The third-order valence-corrected chi connectivity index (χ3v) is 6.39. The molecule has 0 bridgehead atoms. The summed E-state index contributed by atoms with van der Waals surface area (Å²) in [6, 6.07) is 8.20.